The molecular formula is C27H29N6O. The molecule has 0 spiro atoms. The molecule has 6 rings (SSSR count). The van der Waals surface area contributed by atoms with Crippen molar-refractivity contribution in [2.24, 2.45) is 0 Å². The Morgan fingerprint density at radius 1 is 0.941 bits per heavy atom. The second kappa shape index (κ2) is 9.52. The van der Waals surface area contributed by atoms with Gasteiger partial charge < -0.3 is 9.64 Å². The second-order valence-corrected chi connectivity index (χ2v) is 9.08. The fraction of sp³-hybridized carbons (Fsp3) is 0.370. The summed E-state index contributed by atoms with van der Waals surface area (Å²) < 4.78 is 7.74. The zero-order valence-electron chi connectivity index (χ0n) is 19.3. The van der Waals surface area contributed by atoms with Gasteiger partial charge in [0.1, 0.15) is 5.82 Å². The van der Waals surface area contributed by atoms with Crippen LogP contribution < -0.4 is 4.90 Å². The molecule has 2 aromatic heterocycles. The standard InChI is InChI=1S/C27H29N6O/c1-3-7-21(8-4-1)20-31-13-11-23(12-14-31)33-27-24(19-28-33)26(32-15-17-34-18-16-32)29-25(30-27)22-9-5-2-6-10-22/h1-5,7-10,19,23H,11-18,20H2. The van der Waals surface area contributed by atoms with Crippen LogP contribution in [-0.2, 0) is 11.3 Å². The number of morpholine rings is 1. The third kappa shape index (κ3) is 4.29. The molecule has 7 heteroatoms. The zero-order valence-corrected chi connectivity index (χ0v) is 19.3. The number of rotatable bonds is 5. The Morgan fingerprint density at radius 3 is 2.53 bits per heavy atom. The van der Waals surface area contributed by atoms with E-state index in [1.807, 2.05) is 30.5 Å². The first-order chi connectivity index (χ1) is 16.8. The Morgan fingerprint density at radius 2 is 1.76 bits per heavy atom. The summed E-state index contributed by atoms with van der Waals surface area (Å²) in [6, 6.07) is 22.1. The molecule has 0 N–H and O–H groups in total. The first kappa shape index (κ1) is 21.3. The monoisotopic (exact) mass is 453 g/mol. The van der Waals surface area contributed by atoms with Crippen LogP contribution in [0.25, 0.3) is 22.4 Å². The van der Waals surface area contributed by atoms with Crippen LogP contribution in [0.5, 0.6) is 0 Å². The van der Waals surface area contributed by atoms with Crippen molar-refractivity contribution < 1.29 is 4.74 Å². The van der Waals surface area contributed by atoms with Gasteiger partial charge in [0.25, 0.3) is 0 Å². The van der Waals surface area contributed by atoms with Crippen molar-refractivity contribution in [3.05, 3.63) is 72.4 Å². The van der Waals surface area contributed by atoms with Crippen molar-refractivity contribution in [2.75, 3.05) is 44.3 Å². The Kier molecular flexibility index (Phi) is 5.95. The fourth-order valence-electron chi connectivity index (χ4n) is 5.02. The van der Waals surface area contributed by atoms with Gasteiger partial charge in [-0.15, -0.1) is 0 Å². The molecule has 1 radical (unpaired) electrons. The van der Waals surface area contributed by atoms with Gasteiger partial charge in [0.05, 0.1) is 30.8 Å². The van der Waals surface area contributed by atoms with Gasteiger partial charge in [-0.2, -0.15) is 5.10 Å². The van der Waals surface area contributed by atoms with E-state index in [0.717, 1.165) is 73.8 Å². The summed E-state index contributed by atoms with van der Waals surface area (Å²) in [6.45, 7) is 6.21. The van der Waals surface area contributed by atoms with Crippen molar-refractivity contribution in [1.29, 1.82) is 0 Å². The average Bonchev–Trinajstić information content (AvgIpc) is 3.34. The van der Waals surface area contributed by atoms with E-state index >= 15 is 0 Å². The van der Waals surface area contributed by atoms with Crippen LogP contribution in [0.15, 0.2) is 60.8 Å². The summed E-state index contributed by atoms with van der Waals surface area (Å²) in [6.07, 6.45) is 4.08. The number of nitrogens with zero attached hydrogens (tertiary/aromatic N) is 6. The number of piperidine rings is 1. The molecule has 2 fully saturated rings. The van der Waals surface area contributed by atoms with Crippen LogP contribution in [0.1, 0.15) is 24.4 Å². The SMILES string of the molecule is [c]1cccc(-c2nc(N3CCOCC3)c3cnn(C4CCN(Cc5ccccc5)CC4)c3n2)c1. The summed E-state index contributed by atoms with van der Waals surface area (Å²) in [7, 11) is 0. The lowest BCUT2D eigenvalue weighted by Gasteiger charge is -2.32. The van der Waals surface area contributed by atoms with Crippen molar-refractivity contribution in [3.8, 4) is 11.4 Å². The van der Waals surface area contributed by atoms with Crippen LogP contribution in [0.4, 0.5) is 5.82 Å². The van der Waals surface area contributed by atoms with E-state index < -0.39 is 0 Å². The molecule has 0 bridgehead atoms. The van der Waals surface area contributed by atoms with Crippen LogP contribution in [-0.4, -0.2) is 64.0 Å². The highest BCUT2D eigenvalue weighted by molar-refractivity contribution is 5.89. The third-order valence-electron chi connectivity index (χ3n) is 6.86. The van der Waals surface area contributed by atoms with Gasteiger partial charge in [-0.1, -0.05) is 48.5 Å². The summed E-state index contributed by atoms with van der Waals surface area (Å²) in [4.78, 5) is 14.9. The number of anilines is 1. The van der Waals surface area contributed by atoms with Crippen molar-refractivity contribution in [1.82, 2.24) is 24.6 Å². The Bertz CT molecular complexity index is 1230. The highest BCUT2D eigenvalue weighted by Gasteiger charge is 2.26. The van der Waals surface area contributed by atoms with Crippen LogP contribution >= 0.6 is 0 Å². The van der Waals surface area contributed by atoms with Gasteiger partial charge >= 0.3 is 0 Å². The lowest BCUT2D eigenvalue weighted by molar-refractivity contribution is 0.122. The number of ether oxygens (including phenoxy) is 1. The lowest BCUT2D eigenvalue weighted by Crippen LogP contribution is -2.37. The summed E-state index contributed by atoms with van der Waals surface area (Å²) in [5.74, 6) is 1.69. The van der Waals surface area contributed by atoms with Crippen molar-refractivity contribution >= 4 is 16.9 Å². The molecule has 0 amide bonds. The molecule has 2 saturated heterocycles. The van der Waals surface area contributed by atoms with Crippen LogP contribution in [0.3, 0.4) is 0 Å². The maximum atomic E-state index is 5.59. The van der Waals surface area contributed by atoms with E-state index in [9.17, 15) is 0 Å². The van der Waals surface area contributed by atoms with Gasteiger partial charge in [0.2, 0.25) is 0 Å². The van der Waals surface area contributed by atoms with Crippen molar-refractivity contribution in [3.63, 3.8) is 0 Å². The van der Waals surface area contributed by atoms with Crippen LogP contribution in [0.2, 0.25) is 0 Å². The van der Waals surface area contributed by atoms with E-state index in [1.165, 1.54) is 5.56 Å². The van der Waals surface area contributed by atoms with Crippen LogP contribution in [0, 0.1) is 6.07 Å². The molecular weight excluding hydrogens is 424 g/mol. The number of hydrogen-bond acceptors (Lipinski definition) is 6. The smallest absolute Gasteiger partial charge is 0.164 e. The molecule has 4 aromatic rings. The molecule has 2 aliphatic heterocycles. The van der Waals surface area contributed by atoms with Gasteiger partial charge in [-0.3, -0.25) is 4.90 Å². The second-order valence-electron chi connectivity index (χ2n) is 9.08. The Labute approximate surface area is 200 Å². The number of aromatic nitrogens is 4. The van der Waals surface area contributed by atoms with E-state index in [4.69, 9.17) is 19.8 Å². The van der Waals surface area contributed by atoms with E-state index in [2.05, 4.69) is 50.9 Å². The van der Waals surface area contributed by atoms with E-state index in [1.54, 1.807) is 0 Å². The summed E-state index contributed by atoms with van der Waals surface area (Å²) in [5, 5.41) is 5.87. The predicted molar refractivity (Wildman–Crippen MR) is 133 cm³/mol. The lowest BCUT2D eigenvalue weighted by atomic mass is 10.0. The van der Waals surface area contributed by atoms with Crippen molar-refractivity contribution in [2.45, 2.75) is 25.4 Å². The van der Waals surface area contributed by atoms with E-state index in [0.29, 0.717) is 19.3 Å². The molecule has 0 saturated carbocycles. The molecule has 7 nitrogen and oxygen atoms in total. The number of hydrogen-bond donors (Lipinski definition) is 0. The summed E-state index contributed by atoms with van der Waals surface area (Å²) in [5.41, 5.74) is 3.28. The van der Waals surface area contributed by atoms with Gasteiger partial charge in [-0.05, 0) is 30.5 Å². The Balaban J connectivity index is 1.30. The quantitative estimate of drug-likeness (QED) is 0.456. The summed E-state index contributed by atoms with van der Waals surface area (Å²) >= 11 is 0. The molecule has 34 heavy (non-hydrogen) atoms. The molecule has 4 heterocycles. The topological polar surface area (TPSA) is 59.3 Å². The zero-order chi connectivity index (χ0) is 22.7. The molecule has 0 atom stereocenters. The molecule has 2 aliphatic rings. The fourth-order valence-corrected chi connectivity index (χ4v) is 5.02. The first-order valence-electron chi connectivity index (χ1n) is 12.2. The first-order valence-corrected chi connectivity index (χ1v) is 12.2. The number of benzene rings is 2. The average molecular weight is 454 g/mol. The molecule has 173 valence electrons. The minimum absolute atomic E-state index is 0.340. The molecule has 0 aliphatic carbocycles. The normalized spacial score (nSPS) is 17.9. The predicted octanol–water partition coefficient (Wildman–Crippen LogP) is 3.97. The largest absolute Gasteiger partial charge is 0.378 e. The third-order valence-corrected chi connectivity index (χ3v) is 6.86. The highest BCUT2D eigenvalue weighted by atomic mass is 16.5. The van der Waals surface area contributed by atoms with Gasteiger partial charge in [0, 0.05) is 38.3 Å². The maximum absolute atomic E-state index is 5.59. The highest BCUT2D eigenvalue weighted by Crippen LogP contribution is 2.32. The number of likely N-dealkylation sites (tertiary alicyclic amines) is 1. The molecule has 0 unspecified atom stereocenters. The minimum atomic E-state index is 0.340. The number of fused-ring (bicyclic) bond motifs is 1. The van der Waals surface area contributed by atoms with Gasteiger partial charge in [-0.25, -0.2) is 14.6 Å². The van der Waals surface area contributed by atoms with E-state index in [-0.39, 0.29) is 0 Å². The minimum Gasteiger partial charge on any atom is -0.378 e. The Hall–Kier alpha value is -3.29. The molecule has 2 aromatic carbocycles. The maximum Gasteiger partial charge on any atom is 0.164 e. The van der Waals surface area contributed by atoms with Gasteiger partial charge in [0.15, 0.2) is 11.5 Å².